The lowest BCUT2D eigenvalue weighted by Crippen LogP contribution is -2.48. The molecule has 1 aromatic heterocycles. The lowest BCUT2D eigenvalue weighted by atomic mass is 9.93. The van der Waals surface area contributed by atoms with Crippen molar-refractivity contribution in [1.29, 1.82) is 0 Å². The molecule has 1 fully saturated rings. The van der Waals surface area contributed by atoms with E-state index in [0.717, 1.165) is 23.5 Å². The van der Waals surface area contributed by atoms with Crippen LogP contribution in [0.4, 0.5) is 0 Å². The molecule has 2 N–H and O–H groups in total. The Balaban J connectivity index is 2.03. The molecule has 1 aromatic rings. The molecular formula is C14H19N3O2S. The van der Waals surface area contributed by atoms with Crippen molar-refractivity contribution in [3.63, 3.8) is 0 Å². The Morgan fingerprint density at radius 1 is 1.50 bits per heavy atom. The monoisotopic (exact) mass is 293 g/mol. The number of aromatic nitrogens is 1. The number of thiazole rings is 1. The molecule has 5 nitrogen and oxygen atoms in total. The van der Waals surface area contributed by atoms with Crippen LogP contribution in [0.3, 0.4) is 0 Å². The number of carbonyl (C=O) groups is 2. The molecule has 1 aliphatic heterocycles. The number of amides is 2. The van der Waals surface area contributed by atoms with E-state index >= 15 is 0 Å². The molecule has 108 valence electrons. The SMILES string of the molecule is Cc1nc(C=CC(=O)N2CC(C(N)=O)CCC2C)cs1. The lowest BCUT2D eigenvalue weighted by Gasteiger charge is -2.36. The van der Waals surface area contributed by atoms with Gasteiger partial charge < -0.3 is 10.6 Å². The van der Waals surface area contributed by atoms with Crippen molar-refractivity contribution in [2.45, 2.75) is 32.7 Å². The molecule has 20 heavy (non-hydrogen) atoms. The molecule has 0 radical (unpaired) electrons. The number of carbonyl (C=O) groups excluding carboxylic acids is 2. The second kappa shape index (κ2) is 6.17. The summed E-state index contributed by atoms with van der Waals surface area (Å²) in [5.74, 6) is -0.645. The van der Waals surface area contributed by atoms with Crippen molar-refractivity contribution in [2.75, 3.05) is 6.54 Å². The van der Waals surface area contributed by atoms with Gasteiger partial charge >= 0.3 is 0 Å². The summed E-state index contributed by atoms with van der Waals surface area (Å²) in [6.07, 6.45) is 4.80. The highest BCUT2D eigenvalue weighted by atomic mass is 32.1. The summed E-state index contributed by atoms with van der Waals surface area (Å²) in [6.45, 7) is 4.33. The molecular weight excluding hydrogens is 274 g/mol. The zero-order valence-corrected chi connectivity index (χ0v) is 12.5. The summed E-state index contributed by atoms with van der Waals surface area (Å²) in [4.78, 5) is 29.5. The van der Waals surface area contributed by atoms with E-state index in [1.54, 1.807) is 22.3 Å². The summed E-state index contributed by atoms with van der Waals surface area (Å²) in [6, 6.07) is 0.139. The summed E-state index contributed by atoms with van der Waals surface area (Å²) < 4.78 is 0. The number of nitrogens with two attached hydrogens (primary N) is 1. The van der Waals surface area contributed by atoms with Crippen LogP contribution >= 0.6 is 11.3 Å². The lowest BCUT2D eigenvalue weighted by molar-refractivity contribution is -0.133. The summed E-state index contributed by atoms with van der Waals surface area (Å²) in [5.41, 5.74) is 6.13. The minimum Gasteiger partial charge on any atom is -0.369 e. The third-order valence-electron chi connectivity index (χ3n) is 3.60. The summed E-state index contributed by atoms with van der Waals surface area (Å²) in [5, 5.41) is 2.88. The van der Waals surface area contributed by atoms with Crippen LogP contribution in [0.2, 0.25) is 0 Å². The minimum atomic E-state index is -0.325. The number of piperidine rings is 1. The predicted molar refractivity (Wildman–Crippen MR) is 79.0 cm³/mol. The molecule has 0 bridgehead atoms. The maximum absolute atomic E-state index is 12.2. The van der Waals surface area contributed by atoms with Gasteiger partial charge in [0.25, 0.3) is 0 Å². The summed E-state index contributed by atoms with van der Waals surface area (Å²) >= 11 is 1.55. The normalized spacial score (nSPS) is 23.2. The van der Waals surface area contributed by atoms with E-state index in [0.29, 0.717) is 6.54 Å². The van der Waals surface area contributed by atoms with E-state index in [-0.39, 0.29) is 23.8 Å². The number of hydrogen-bond acceptors (Lipinski definition) is 4. The molecule has 0 spiro atoms. The van der Waals surface area contributed by atoms with Gasteiger partial charge in [-0.25, -0.2) is 4.98 Å². The van der Waals surface area contributed by atoms with Crippen LogP contribution in [0, 0.1) is 12.8 Å². The third kappa shape index (κ3) is 3.45. The van der Waals surface area contributed by atoms with Crippen LogP contribution in [-0.4, -0.2) is 34.3 Å². The first-order valence-corrected chi connectivity index (χ1v) is 7.55. The van der Waals surface area contributed by atoms with Crippen molar-refractivity contribution in [2.24, 2.45) is 11.7 Å². The first-order valence-electron chi connectivity index (χ1n) is 6.67. The maximum Gasteiger partial charge on any atom is 0.246 e. The molecule has 2 heterocycles. The molecule has 2 rings (SSSR count). The zero-order valence-electron chi connectivity index (χ0n) is 11.7. The van der Waals surface area contributed by atoms with Crippen LogP contribution in [0.1, 0.15) is 30.5 Å². The van der Waals surface area contributed by atoms with Crippen LogP contribution in [0.15, 0.2) is 11.5 Å². The topological polar surface area (TPSA) is 76.3 Å². The van der Waals surface area contributed by atoms with E-state index in [2.05, 4.69) is 4.98 Å². The molecule has 0 saturated carbocycles. The van der Waals surface area contributed by atoms with E-state index in [4.69, 9.17) is 5.73 Å². The number of nitrogens with zero attached hydrogens (tertiary/aromatic N) is 2. The number of hydrogen-bond donors (Lipinski definition) is 1. The van der Waals surface area contributed by atoms with Crippen molar-refractivity contribution >= 4 is 29.2 Å². The molecule has 2 unspecified atom stereocenters. The van der Waals surface area contributed by atoms with Crippen LogP contribution < -0.4 is 5.73 Å². The maximum atomic E-state index is 12.2. The highest BCUT2D eigenvalue weighted by molar-refractivity contribution is 7.09. The van der Waals surface area contributed by atoms with E-state index in [1.807, 2.05) is 19.2 Å². The van der Waals surface area contributed by atoms with Gasteiger partial charge in [0.1, 0.15) is 0 Å². The predicted octanol–water partition coefficient (Wildman–Crippen LogP) is 1.58. The van der Waals surface area contributed by atoms with Gasteiger partial charge in [-0.05, 0) is 32.8 Å². The summed E-state index contributed by atoms with van der Waals surface area (Å²) in [7, 11) is 0. The van der Waals surface area contributed by atoms with Crippen molar-refractivity contribution in [3.8, 4) is 0 Å². The van der Waals surface area contributed by atoms with E-state index in [1.165, 1.54) is 6.08 Å². The number of likely N-dealkylation sites (tertiary alicyclic amines) is 1. The van der Waals surface area contributed by atoms with Crippen molar-refractivity contribution < 1.29 is 9.59 Å². The molecule has 0 aliphatic carbocycles. The molecule has 6 heteroatoms. The average molecular weight is 293 g/mol. The smallest absolute Gasteiger partial charge is 0.246 e. The Morgan fingerprint density at radius 3 is 2.85 bits per heavy atom. The third-order valence-corrected chi connectivity index (χ3v) is 4.39. The molecule has 1 aliphatic rings. The largest absolute Gasteiger partial charge is 0.369 e. The highest BCUT2D eigenvalue weighted by Crippen LogP contribution is 2.22. The molecule has 2 atom stereocenters. The fraction of sp³-hybridized carbons (Fsp3) is 0.500. The van der Waals surface area contributed by atoms with Gasteiger partial charge in [0.2, 0.25) is 11.8 Å². The van der Waals surface area contributed by atoms with Crippen LogP contribution in [-0.2, 0) is 9.59 Å². The fourth-order valence-corrected chi connectivity index (χ4v) is 2.94. The Hall–Kier alpha value is -1.69. The van der Waals surface area contributed by atoms with Gasteiger partial charge in [0.15, 0.2) is 0 Å². The first kappa shape index (κ1) is 14.7. The molecule has 2 amide bonds. The number of primary amides is 1. The highest BCUT2D eigenvalue weighted by Gasteiger charge is 2.30. The van der Waals surface area contributed by atoms with Gasteiger partial charge in [0, 0.05) is 24.0 Å². The second-order valence-electron chi connectivity index (χ2n) is 5.14. The van der Waals surface area contributed by atoms with Gasteiger partial charge in [0.05, 0.1) is 16.6 Å². The van der Waals surface area contributed by atoms with Gasteiger partial charge in [-0.15, -0.1) is 11.3 Å². The molecule has 1 saturated heterocycles. The van der Waals surface area contributed by atoms with E-state index in [9.17, 15) is 9.59 Å². The Kier molecular flexibility index (Phi) is 4.54. The average Bonchev–Trinajstić information content (AvgIpc) is 2.82. The Labute approximate surface area is 122 Å². The van der Waals surface area contributed by atoms with E-state index < -0.39 is 0 Å². The zero-order chi connectivity index (χ0) is 14.7. The number of rotatable bonds is 3. The first-order chi connectivity index (χ1) is 9.47. The molecule has 0 aromatic carbocycles. The van der Waals surface area contributed by atoms with Gasteiger partial charge in [-0.2, -0.15) is 0 Å². The van der Waals surface area contributed by atoms with Crippen molar-refractivity contribution in [3.05, 3.63) is 22.2 Å². The Bertz CT molecular complexity index is 538. The van der Waals surface area contributed by atoms with Crippen LogP contribution in [0.25, 0.3) is 6.08 Å². The minimum absolute atomic E-state index is 0.0888. The van der Waals surface area contributed by atoms with Gasteiger partial charge in [-0.3, -0.25) is 9.59 Å². The Morgan fingerprint density at radius 2 is 2.25 bits per heavy atom. The second-order valence-corrected chi connectivity index (χ2v) is 6.20. The fourth-order valence-electron chi connectivity index (χ4n) is 2.36. The van der Waals surface area contributed by atoms with Gasteiger partial charge in [-0.1, -0.05) is 0 Å². The quantitative estimate of drug-likeness (QED) is 0.860. The van der Waals surface area contributed by atoms with Crippen LogP contribution in [0.5, 0.6) is 0 Å². The van der Waals surface area contributed by atoms with Crippen molar-refractivity contribution in [1.82, 2.24) is 9.88 Å². The standard InChI is InChI=1S/C14H19N3O2S/c1-9-3-4-11(14(15)19)7-17(9)13(18)6-5-12-8-20-10(2)16-12/h5-6,8-9,11H,3-4,7H2,1-2H3,(H2,15,19). The number of aryl methyl sites for hydroxylation is 1.